The van der Waals surface area contributed by atoms with Crippen molar-refractivity contribution in [3.63, 3.8) is 0 Å². The van der Waals surface area contributed by atoms with E-state index < -0.39 is 10.0 Å². The largest absolute Gasteiger partial charge is 0.430 e. The number of hydrogen-bond donors (Lipinski definition) is 1. The first kappa shape index (κ1) is 20.8. The maximum atomic E-state index is 12.6. The molecule has 1 aromatic carbocycles. The number of carbonyl (C=O) groups is 1. The Morgan fingerprint density at radius 1 is 1.13 bits per heavy atom. The molecule has 11 heteroatoms. The number of hydrogen-bond acceptors (Lipinski definition) is 8. The Labute approximate surface area is 177 Å². The summed E-state index contributed by atoms with van der Waals surface area (Å²) in [5.74, 6) is -0.158. The van der Waals surface area contributed by atoms with Gasteiger partial charge in [-0.05, 0) is 43.3 Å². The number of anilines is 1. The number of aromatic nitrogens is 2. The van der Waals surface area contributed by atoms with Crippen molar-refractivity contribution in [1.82, 2.24) is 14.3 Å². The minimum atomic E-state index is -3.56. The van der Waals surface area contributed by atoms with Crippen LogP contribution in [0.3, 0.4) is 0 Å². The minimum Gasteiger partial charge on any atom is -0.430 e. The third kappa shape index (κ3) is 4.64. The monoisotopic (exact) mass is 448 g/mol. The zero-order chi connectivity index (χ0) is 21.1. The molecule has 158 valence electrons. The highest BCUT2D eigenvalue weighted by Gasteiger charge is 2.26. The summed E-state index contributed by atoms with van der Waals surface area (Å²) < 4.78 is 37.4. The second kappa shape index (κ2) is 8.72. The number of carbonyl (C=O) groups excluding carboxylic acids is 1. The fourth-order valence-corrected chi connectivity index (χ4v) is 4.96. The fourth-order valence-electron chi connectivity index (χ4n) is 2.93. The summed E-state index contributed by atoms with van der Waals surface area (Å²) in [7, 11) is -3.56. The fraction of sp³-hybridized carbons (Fsp3) is 0.316. The molecule has 1 aliphatic heterocycles. The van der Waals surface area contributed by atoms with E-state index in [0.29, 0.717) is 48.4 Å². The van der Waals surface area contributed by atoms with Gasteiger partial charge in [0.05, 0.1) is 23.9 Å². The molecule has 0 aliphatic carbocycles. The highest BCUT2D eigenvalue weighted by molar-refractivity contribution is 7.99. The van der Waals surface area contributed by atoms with Crippen LogP contribution < -0.4 is 5.32 Å². The van der Waals surface area contributed by atoms with Crippen LogP contribution in [0, 0.1) is 6.92 Å². The Kier molecular flexibility index (Phi) is 6.04. The van der Waals surface area contributed by atoms with Crippen LogP contribution in [0.25, 0.3) is 11.2 Å². The van der Waals surface area contributed by atoms with E-state index in [1.807, 2.05) is 13.0 Å². The standard InChI is InChI=1S/C19H20N4O5S2/c1-13-2-7-16-18(20-13)22-19(28-16)29-12-17(24)21-14-3-5-15(6-4-14)30(25,26)23-8-10-27-11-9-23/h2-7H,8-12H2,1H3,(H,21,24). The van der Waals surface area contributed by atoms with E-state index in [9.17, 15) is 13.2 Å². The van der Waals surface area contributed by atoms with E-state index >= 15 is 0 Å². The molecule has 2 aromatic heterocycles. The Bertz CT molecular complexity index is 1160. The van der Waals surface area contributed by atoms with Crippen LogP contribution in [0.15, 0.2) is 50.9 Å². The third-order valence-corrected chi connectivity index (χ3v) is 7.19. The summed E-state index contributed by atoms with van der Waals surface area (Å²) in [6, 6.07) is 9.74. The average Bonchev–Trinajstić information content (AvgIpc) is 3.15. The molecule has 4 rings (SSSR count). The third-order valence-electron chi connectivity index (χ3n) is 4.45. The molecule has 1 fully saturated rings. The molecule has 0 atom stereocenters. The molecule has 0 unspecified atom stereocenters. The molecule has 0 saturated carbocycles. The van der Waals surface area contributed by atoms with Crippen molar-refractivity contribution < 1.29 is 22.4 Å². The molecule has 0 spiro atoms. The maximum absolute atomic E-state index is 12.6. The highest BCUT2D eigenvalue weighted by Crippen LogP contribution is 2.23. The number of nitrogens with one attached hydrogen (secondary N) is 1. The first-order valence-electron chi connectivity index (χ1n) is 9.27. The molecular formula is C19H20N4O5S2. The van der Waals surface area contributed by atoms with Crippen molar-refractivity contribution in [2.24, 2.45) is 0 Å². The number of thioether (sulfide) groups is 1. The minimum absolute atomic E-state index is 0.0969. The zero-order valence-electron chi connectivity index (χ0n) is 16.2. The predicted molar refractivity (Wildman–Crippen MR) is 112 cm³/mol. The molecule has 30 heavy (non-hydrogen) atoms. The molecule has 3 heterocycles. The quantitative estimate of drug-likeness (QED) is 0.571. The van der Waals surface area contributed by atoms with Gasteiger partial charge in [0.25, 0.3) is 5.22 Å². The van der Waals surface area contributed by atoms with E-state index in [1.165, 1.54) is 16.4 Å². The Hall–Kier alpha value is -2.47. The second-order valence-corrected chi connectivity index (χ2v) is 9.50. The van der Waals surface area contributed by atoms with Crippen LogP contribution in [0.4, 0.5) is 5.69 Å². The molecule has 1 N–H and O–H groups in total. The van der Waals surface area contributed by atoms with Crippen LogP contribution in [-0.2, 0) is 19.6 Å². The van der Waals surface area contributed by atoms with Crippen molar-refractivity contribution in [1.29, 1.82) is 0 Å². The molecule has 9 nitrogen and oxygen atoms in total. The van der Waals surface area contributed by atoms with Gasteiger partial charge in [-0.25, -0.2) is 13.4 Å². The van der Waals surface area contributed by atoms with Gasteiger partial charge in [-0.3, -0.25) is 4.79 Å². The van der Waals surface area contributed by atoms with E-state index in [0.717, 1.165) is 17.5 Å². The number of benzene rings is 1. The van der Waals surface area contributed by atoms with E-state index in [-0.39, 0.29) is 16.6 Å². The zero-order valence-corrected chi connectivity index (χ0v) is 17.8. The number of nitrogens with zero attached hydrogens (tertiary/aromatic N) is 3. The van der Waals surface area contributed by atoms with Gasteiger partial charge in [-0.2, -0.15) is 9.29 Å². The summed E-state index contributed by atoms with van der Waals surface area (Å²) in [5, 5.41) is 3.11. The van der Waals surface area contributed by atoms with Crippen molar-refractivity contribution >= 4 is 44.6 Å². The molecule has 1 aliphatic rings. The number of rotatable bonds is 6. The molecule has 0 bridgehead atoms. The number of fused-ring (bicyclic) bond motifs is 1. The van der Waals surface area contributed by atoms with E-state index in [4.69, 9.17) is 9.15 Å². The van der Waals surface area contributed by atoms with Gasteiger partial charge < -0.3 is 14.5 Å². The number of pyridine rings is 1. The lowest BCUT2D eigenvalue weighted by Gasteiger charge is -2.26. The average molecular weight is 449 g/mol. The van der Waals surface area contributed by atoms with Gasteiger partial charge in [0.2, 0.25) is 15.9 Å². The van der Waals surface area contributed by atoms with Crippen molar-refractivity contribution in [2.45, 2.75) is 17.0 Å². The summed E-state index contributed by atoms with van der Waals surface area (Å²) >= 11 is 1.16. The summed E-state index contributed by atoms with van der Waals surface area (Å²) in [5.41, 5.74) is 2.43. The Morgan fingerprint density at radius 3 is 2.60 bits per heavy atom. The Morgan fingerprint density at radius 2 is 1.87 bits per heavy atom. The number of oxazole rings is 1. The van der Waals surface area contributed by atoms with Crippen molar-refractivity contribution in [2.75, 3.05) is 37.4 Å². The second-order valence-electron chi connectivity index (χ2n) is 6.63. The number of amides is 1. The summed E-state index contributed by atoms with van der Waals surface area (Å²) in [6.45, 7) is 3.32. The number of ether oxygens (including phenoxy) is 1. The van der Waals surface area contributed by atoms with Gasteiger partial charge in [0.1, 0.15) is 0 Å². The number of aryl methyl sites for hydroxylation is 1. The van der Waals surface area contributed by atoms with Gasteiger partial charge in [-0.1, -0.05) is 11.8 Å². The van der Waals surface area contributed by atoms with Crippen LogP contribution in [0.1, 0.15) is 5.69 Å². The van der Waals surface area contributed by atoms with Crippen LogP contribution in [-0.4, -0.2) is 60.7 Å². The van der Waals surface area contributed by atoms with Crippen molar-refractivity contribution in [3.05, 3.63) is 42.1 Å². The lowest BCUT2D eigenvalue weighted by molar-refractivity contribution is -0.113. The number of sulfonamides is 1. The number of morpholine rings is 1. The van der Waals surface area contributed by atoms with Gasteiger partial charge in [0.15, 0.2) is 11.2 Å². The lowest BCUT2D eigenvalue weighted by atomic mass is 10.3. The molecule has 1 saturated heterocycles. The molecule has 1 amide bonds. The molecular weight excluding hydrogens is 428 g/mol. The predicted octanol–water partition coefficient (Wildman–Crippen LogP) is 2.28. The summed E-state index contributed by atoms with van der Waals surface area (Å²) in [4.78, 5) is 20.9. The Balaban J connectivity index is 1.35. The summed E-state index contributed by atoms with van der Waals surface area (Å²) in [6.07, 6.45) is 0. The molecule has 0 radical (unpaired) electrons. The van der Waals surface area contributed by atoms with Crippen LogP contribution in [0.2, 0.25) is 0 Å². The van der Waals surface area contributed by atoms with Crippen LogP contribution in [0.5, 0.6) is 0 Å². The van der Waals surface area contributed by atoms with Gasteiger partial charge >= 0.3 is 0 Å². The van der Waals surface area contributed by atoms with Gasteiger partial charge in [0, 0.05) is 24.5 Å². The maximum Gasteiger partial charge on any atom is 0.258 e. The van der Waals surface area contributed by atoms with E-state index in [1.54, 1.807) is 18.2 Å². The SMILES string of the molecule is Cc1ccc2oc(SCC(=O)Nc3ccc(S(=O)(=O)N4CCOCC4)cc3)nc2n1. The normalized spacial score (nSPS) is 15.4. The molecule has 3 aromatic rings. The van der Waals surface area contributed by atoms with Crippen LogP contribution >= 0.6 is 11.8 Å². The lowest BCUT2D eigenvalue weighted by Crippen LogP contribution is -2.40. The topological polar surface area (TPSA) is 115 Å². The smallest absolute Gasteiger partial charge is 0.258 e. The van der Waals surface area contributed by atoms with Gasteiger partial charge in [-0.15, -0.1) is 0 Å². The van der Waals surface area contributed by atoms with E-state index in [2.05, 4.69) is 15.3 Å². The van der Waals surface area contributed by atoms with Crippen molar-refractivity contribution in [3.8, 4) is 0 Å². The highest BCUT2D eigenvalue weighted by atomic mass is 32.2. The first-order chi connectivity index (χ1) is 14.4. The first-order valence-corrected chi connectivity index (χ1v) is 11.7.